The maximum atomic E-state index is 9.86. The van der Waals surface area contributed by atoms with Crippen LogP contribution in [-0.2, 0) is 4.74 Å². The lowest BCUT2D eigenvalue weighted by molar-refractivity contribution is -0.0635. The van der Waals surface area contributed by atoms with Crippen LogP contribution in [0.5, 0.6) is 0 Å². The molecule has 0 spiro atoms. The van der Waals surface area contributed by atoms with Crippen LogP contribution in [0.2, 0.25) is 0 Å². The van der Waals surface area contributed by atoms with Crippen LogP contribution < -0.4 is 0 Å². The predicted octanol–water partition coefficient (Wildman–Crippen LogP) is 2.45. The molecule has 0 saturated carbocycles. The molecule has 0 aliphatic rings. The van der Waals surface area contributed by atoms with Crippen molar-refractivity contribution in [2.75, 3.05) is 6.61 Å². The first-order valence-electron chi connectivity index (χ1n) is 5.28. The Bertz CT molecular complexity index is 121. The van der Waals surface area contributed by atoms with Gasteiger partial charge in [0.1, 0.15) is 0 Å². The number of aliphatic hydroxyl groups excluding tert-OH is 1. The van der Waals surface area contributed by atoms with Crippen molar-refractivity contribution >= 4 is 0 Å². The highest BCUT2D eigenvalue weighted by molar-refractivity contribution is 4.73. The standard InChI is InChI=1S/C11H24O2/c1-6-13-11(9(4)5)10(12)7-8(2)3/h8-12H,6-7H2,1-5H3. The second kappa shape index (κ2) is 6.39. The second-order valence-electron chi connectivity index (χ2n) is 4.36. The van der Waals surface area contributed by atoms with E-state index >= 15 is 0 Å². The summed E-state index contributed by atoms with van der Waals surface area (Å²) in [6.45, 7) is 11.1. The SMILES string of the molecule is CCOC(C(C)C)C(O)CC(C)C. The largest absolute Gasteiger partial charge is 0.390 e. The van der Waals surface area contributed by atoms with Gasteiger partial charge in [0.2, 0.25) is 0 Å². The van der Waals surface area contributed by atoms with Crippen molar-refractivity contribution < 1.29 is 9.84 Å². The van der Waals surface area contributed by atoms with Crippen molar-refractivity contribution in [3.8, 4) is 0 Å². The van der Waals surface area contributed by atoms with Crippen LogP contribution in [0.25, 0.3) is 0 Å². The number of hydrogen-bond donors (Lipinski definition) is 1. The van der Waals surface area contributed by atoms with E-state index < -0.39 is 0 Å². The van der Waals surface area contributed by atoms with Crippen LogP contribution in [0.3, 0.4) is 0 Å². The zero-order chi connectivity index (χ0) is 10.4. The molecule has 0 bridgehead atoms. The zero-order valence-electron chi connectivity index (χ0n) is 9.58. The summed E-state index contributed by atoms with van der Waals surface area (Å²) in [5, 5.41) is 9.86. The van der Waals surface area contributed by atoms with Gasteiger partial charge in [0.05, 0.1) is 12.2 Å². The molecule has 13 heavy (non-hydrogen) atoms. The highest BCUT2D eigenvalue weighted by Crippen LogP contribution is 2.17. The number of aliphatic hydroxyl groups is 1. The van der Waals surface area contributed by atoms with E-state index in [0.29, 0.717) is 18.4 Å². The minimum atomic E-state index is -0.319. The van der Waals surface area contributed by atoms with E-state index in [9.17, 15) is 5.11 Å². The van der Waals surface area contributed by atoms with Gasteiger partial charge in [-0.25, -0.2) is 0 Å². The first kappa shape index (κ1) is 12.9. The molecular weight excluding hydrogens is 164 g/mol. The van der Waals surface area contributed by atoms with Crippen molar-refractivity contribution in [2.45, 2.75) is 53.2 Å². The lowest BCUT2D eigenvalue weighted by Crippen LogP contribution is -2.34. The Morgan fingerprint density at radius 1 is 1.15 bits per heavy atom. The second-order valence-corrected chi connectivity index (χ2v) is 4.36. The average Bonchev–Trinajstić information content (AvgIpc) is 1.97. The van der Waals surface area contributed by atoms with Gasteiger partial charge in [-0.15, -0.1) is 0 Å². The van der Waals surface area contributed by atoms with Gasteiger partial charge < -0.3 is 9.84 Å². The van der Waals surface area contributed by atoms with Crippen molar-refractivity contribution in [1.82, 2.24) is 0 Å². The summed E-state index contributed by atoms with van der Waals surface area (Å²) in [7, 11) is 0. The minimum Gasteiger partial charge on any atom is -0.390 e. The van der Waals surface area contributed by atoms with Crippen LogP contribution in [-0.4, -0.2) is 23.9 Å². The lowest BCUT2D eigenvalue weighted by atomic mass is 9.95. The van der Waals surface area contributed by atoms with Gasteiger partial charge in [-0.3, -0.25) is 0 Å². The Labute approximate surface area is 82.3 Å². The van der Waals surface area contributed by atoms with Gasteiger partial charge in [0, 0.05) is 6.61 Å². The van der Waals surface area contributed by atoms with Crippen molar-refractivity contribution in [1.29, 1.82) is 0 Å². The Balaban J connectivity index is 4.02. The quantitative estimate of drug-likeness (QED) is 0.694. The van der Waals surface area contributed by atoms with E-state index in [1.165, 1.54) is 0 Å². The van der Waals surface area contributed by atoms with E-state index in [-0.39, 0.29) is 12.2 Å². The van der Waals surface area contributed by atoms with E-state index in [2.05, 4.69) is 27.7 Å². The summed E-state index contributed by atoms with van der Waals surface area (Å²) in [5.41, 5.74) is 0. The smallest absolute Gasteiger partial charge is 0.0856 e. The molecule has 0 aromatic rings. The fourth-order valence-electron chi connectivity index (χ4n) is 1.56. The number of ether oxygens (including phenoxy) is 1. The molecule has 0 heterocycles. The van der Waals surface area contributed by atoms with Gasteiger partial charge in [0.25, 0.3) is 0 Å². The summed E-state index contributed by atoms with van der Waals surface area (Å²) in [6, 6.07) is 0. The molecule has 2 atom stereocenters. The third-order valence-electron chi connectivity index (χ3n) is 2.11. The van der Waals surface area contributed by atoms with Crippen LogP contribution in [0.15, 0.2) is 0 Å². The van der Waals surface area contributed by atoms with Crippen LogP contribution in [0.4, 0.5) is 0 Å². The fourth-order valence-corrected chi connectivity index (χ4v) is 1.56. The van der Waals surface area contributed by atoms with Crippen LogP contribution in [0.1, 0.15) is 41.0 Å². The van der Waals surface area contributed by atoms with Crippen molar-refractivity contribution in [3.63, 3.8) is 0 Å². The maximum Gasteiger partial charge on any atom is 0.0856 e. The minimum absolute atomic E-state index is 0.00704. The van der Waals surface area contributed by atoms with Gasteiger partial charge >= 0.3 is 0 Å². The molecule has 1 N–H and O–H groups in total. The lowest BCUT2D eigenvalue weighted by Gasteiger charge is -2.27. The molecule has 80 valence electrons. The monoisotopic (exact) mass is 188 g/mol. The Morgan fingerprint density at radius 2 is 1.69 bits per heavy atom. The number of hydrogen-bond acceptors (Lipinski definition) is 2. The molecule has 0 rings (SSSR count). The molecule has 0 radical (unpaired) electrons. The third-order valence-corrected chi connectivity index (χ3v) is 2.11. The van der Waals surface area contributed by atoms with Gasteiger partial charge in [-0.1, -0.05) is 27.7 Å². The molecule has 0 aromatic heterocycles. The van der Waals surface area contributed by atoms with Crippen molar-refractivity contribution in [3.05, 3.63) is 0 Å². The fraction of sp³-hybridized carbons (Fsp3) is 1.00. The highest BCUT2D eigenvalue weighted by Gasteiger charge is 2.23. The summed E-state index contributed by atoms with van der Waals surface area (Å²) in [4.78, 5) is 0. The molecule has 0 amide bonds. The Morgan fingerprint density at radius 3 is 2.00 bits per heavy atom. The molecule has 0 aromatic carbocycles. The van der Waals surface area contributed by atoms with Crippen molar-refractivity contribution in [2.24, 2.45) is 11.8 Å². The molecule has 2 unspecified atom stereocenters. The van der Waals surface area contributed by atoms with E-state index in [0.717, 1.165) is 6.42 Å². The Hall–Kier alpha value is -0.0800. The summed E-state index contributed by atoms with van der Waals surface area (Å²) in [6.07, 6.45) is 0.496. The third kappa shape index (κ3) is 5.27. The van der Waals surface area contributed by atoms with Gasteiger partial charge in [-0.05, 0) is 25.2 Å². The predicted molar refractivity (Wildman–Crippen MR) is 55.7 cm³/mol. The molecule has 0 fully saturated rings. The zero-order valence-corrected chi connectivity index (χ0v) is 9.58. The topological polar surface area (TPSA) is 29.5 Å². The molecule has 0 aliphatic carbocycles. The molecule has 0 saturated heterocycles. The molecular formula is C11H24O2. The Kier molecular flexibility index (Phi) is 6.35. The highest BCUT2D eigenvalue weighted by atomic mass is 16.5. The normalized spacial score (nSPS) is 16.6. The molecule has 0 aliphatic heterocycles. The first-order valence-corrected chi connectivity index (χ1v) is 5.28. The average molecular weight is 188 g/mol. The van der Waals surface area contributed by atoms with E-state index in [4.69, 9.17) is 4.74 Å². The van der Waals surface area contributed by atoms with Gasteiger partial charge in [-0.2, -0.15) is 0 Å². The maximum absolute atomic E-state index is 9.86. The molecule has 2 heteroatoms. The molecule has 2 nitrogen and oxygen atoms in total. The van der Waals surface area contributed by atoms with Gasteiger partial charge in [0.15, 0.2) is 0 Å². The summed E-state index contributed by atoms with van der Waals surface area (Å²) < 4.78 is 5.52. The van der Waals surface area contributed by atoms with Crippen LogP contribution >= 0.6 is 0 Å². The van der Waals surface area contributed by atoms with E-state index in [1.807, 2.05) is 6.92 Å². The summed E-state index contributed by atoms with van der Waals surface area (Å²) >= 11 is 0. The van der Waals surface area contributed by atoms with Crippen LogP contribution in [0, 0.1) is 11.8 Å². The number of rotatable bonds is 6. The van der Waals surface area contributed by atoms with E-state index in [1.54, 1.807) is 0 Å². The first-order chi connectivity index (χ1) is 5.99. The summed E-state index contributed by atoms with van der Waals surface area (Å²) in [5.74, 6) is 0.908.